The molecule has 0 saturated carbocycles. The van der Waals surface area contributed by atoms with Crippen LogP contribution in [-0.4, -0.2) is 31.4 Å². The molecule has 1 aromatic carbocycles. The van der Waals surface area contributed by atoms with E-state index in [2.05, 4.69) is 5.16 Å². The Morgan fingerprint density at radius 3 is 2.72 bits per heavy atom. The fraction of sp³-hybridized carbons (Fsp3) is 0.417. The van der Waals surface area contributed by atoms with Gasteiger partial charge >= 0.3 is 0 Å². The molecule has 1 rings (SSSR count). The molecule has 1 aromatic rings. The molecule has 0 amide bonds. The molecule has 0 aliphatic heterocycles. The van der Waals surface area contributed by atoms with Gasteiger partial charge in [-0.1, -0.05) is 16.8 Å². The Morgan fingerprint density at radius 1 is 1.39 bits per heavy atom. The molecule has 0 aliphatic carbocycles. The lowest BCUT2D eigenvalue weighted by Gasteiger charge is -2.08. The summed E-state index contributed by atoms with van der Waals surface area (Å²) in [5, 5.41) is 11.9. The number of nitrogens with zero attached hydrogens (tertiary/aromatic N) is 1. The lowest BCUT2D eigenvalue weighted by Crippen LogP contribution is -2.13. The summed E-state index contributed by atoms with van der Waals surface area (Å²) in [4.78, 5) is 0. The van der Waals surface area contributed by atoms with Gasteiger partial charge in [0.15, 0.2) is 5.84 Å². The van der Waals surface area contributed by atoms with Crippen molar-refractivity contribution >= 4 is 17.4 Å². The fourth-order valence-corrected chi connectivity index (χ4v) is 1.65. The van der Waals surface area contributed by atoms with Gasteiger partial charge in [-0.3, -0.25) is 0 Å². The van der Waals surface area contributed by atoms with E-state index in [1.54, 1.807) is 25.3 Å². The monoisotopic (exact) mass is 272 g/mol. The Bertz CT molecular complexity index is 410. The normalized spacial score (nSPS) is 11.6. The minimum atomic E-state index is -0.0216. The molecule has 6 heteroatoms. The topological polar surface area (TPSA) is 77.1 Å². The standard InChI is InChI=1S/C12H17ClN2O3/c1-17-6-2-3-7-18-9-4-5-10(11(13)8-9)12(14)15-16/h4-5,8,16H,2-3,6-7H2,1H3,(H2,14,15). The van der Waals surface area contributed by atoms with Crippen LogP contribution in [0.3, 0.4) is 0 Å². The smallest absolute Gasteiger partial charge is 0.171 e. The van der Waals surface area contributed by atoms with Gasteiger partial charge in [0.05, 0.1) is 11.6 Å². The predicted octanol–water partition coefficient (Wildman–Crippen LogP) is 2.24. The van der Waals surface area contributed by atoms with Gasteiger partial charge < -0.3 is 20.4 Å². The third-order valence-electron chi connectivity index (χ3n) is 2.34. The summed E-state index contributed by atoms with van der Waals surface area (Å²) in [7, 11) is 1.67. The van der Waals surface area contributed by atoms with Crippen LogP contribution in [0.15, 0.2) is 23.4 Å². The molecule has 0 saturated heterocycles. The first-order chi connectivity index (χ1) is 8.69. The second kappa shape index (κ2) is 7.79. The van der Waals surface area contributed by atoms with Gasteiger partial charge in [0.1, 0.15) is 5.75 Å². The number of nitrogens with two attached hydrogens (primary N) is 1. The number of methoxy groups -OCH3 is 1. The van der Waals surface area contributed by atoms with E-state index >= 15 is 0 Å². The highest BCUT2D eigenvalue weighted by Gasteiger charge is 2.06. The molecular weight excluding hydrogens is 256 g/mol. The van der Waals surface area contributed by atoms with Gasteiger partial charge in [0.25, 0.3) is 0 Å². The summed E-state index contributed by atoms with van der Waals surface area (Å²) in [6, 6.07) is 5.03. The molecule has 3 N–H and O–H groups in total. The number of ether oxygens (including phenoxy) is 2. The largest absolute Gasteiger partial charge is 0.494 e. The van der Waals surface area contributed by atoms with E-state index < -0.39 is 0 Å². The van der Waals surface area contributed by atoms with E-state index in [4.69, 9.17) is 32.0 Å². The minimum Gasteiger partial charge on any atom is -0.494 e. The molecule has 0 aliphatic rings. The Balaban J connectivity index is 2.51. The number of benzene rings is 1. The number of oxime groups is 1. The molecule has 0 aromatic heterocycles. The molecule has 0 bridgehead atoms. The zero-order valence-electron chi connectivity index (χ0n) is 10.2. The molecule has 0 spiro atoms. The molecule has 100 valence electrons. The number of hydrogen-bond acceptors (Lipinski definition) is 4. The highest BCUT2D eigenvalue weighted by Crippen LogP contribution is 2.22. The van der Waals surface area contributed by atoms with Crippen molar-refractivity contribution in [1.82, 2.24) is 0 Å². The summed E-state index contributed by atoms with van der Waals surface area (Å²) >= 11 is 5.99. The molecule has 0 radical (unpaired) electrons. The molecule has 5 nitrogen and oxygen atoms in total. The van der Waals surface area contributed by atoms with Crippen molar-refractivity contribution in [2.24, 2.45) is 10.9 Å². The van der Waals surface area contributed by atoms with Crippen LogP contribution in [0.25, 0.3) is 0 Å². The highest BCUT2D eigenvalue weighted by molar-refractivity contribution is 6.34. The minimum absolute atomic E-state index is 0.0216. The summed E-state index contributed by atoms with van der Waals surface area (Å²) in [6.45, 7) is 1.33. The lowest BCUT2D eigenvalue weighted by molar-refractivity contribution is 0.184. The van der Waals surface area contributed by atoms with Gasteiger partial charge in [-0.15, -0.1) is 0 Å². The summed E-state index contributed by atoms with van der Waals surface area (Å²) < 4.78 is 10.5. The molecule has 0 heterocycles. The molecule has 0 unspecified atom stereocenters. The zero-order valence-corrected chi connectivity index (χ0v) is 11.0. The van der Waals surface area contributed by atoms with Crippen LogP contribution in [0.1, 0.15) is 18.4 Å². The SMILES string of the molecule is COCCCCOc1ccc(/C(N)=N/O)c(Cl)c1. The number of amidine groups is 1. The third-order valence-corrected chi connectivity index (χ3v) is 2.65. The van der Waals surface area contributed by atoms with Crippen molar-refractivity contribution in [1.29, 1.82) is 0 Å². The second-order valence-corrected chi connectivity index (χ2v) is 4.08. The van der Waals surface area contributed by atoms with E-state index in [9.17, 15) is 0 Å². The van der Waals surface area contributed by atoms with Crippen molar-refractivity contribution in [3.05, 3.63) is 28.8 Å². The van der Waals surface area contributed by atoms with Crippen molar-refractivity contribution in [3.63, 3.8) is 0 Å². The highest BCUT2D eigenvalue weighted by atomic mass is 35.5. The van der Waals surface area contributed by atoms with Crippen LogP contribution in [0, 0.1) is 0 Å². The average Bonchev–Trinajstić information content (AvgIpc) is 2.38. The van der Waals surface area contributed by atoms with Crippen LogP contribution < -0.4 is 10.5 Å². The van der Waals surface area contributed by atoms with E-state index in [1.807, 2.05) is 0 Å². The van der Waals surface area contributed by atoms with Crippen molar-refractivity contribution in [3.8, 4) is 5.75 Å². The Hall–Kier alpha value is -1.46. The lowest BCUT2D eigenvalue weighted by atomic mass is 10.2. The maximum atomic E-state index is 8.57. The van der Waals surface area contributed by atoms with E-state index in [1.165, 1.54) is 0 Å². The van der Waals surface area contributed by atoms with E-state index in [0.29, 0.717) is 22.9 Å². The Labute approximate surface area is 111 Å². The second-order valence-electron chi connectivity index (χ2n) is 3.68. The van der Waals surface area contributed by atoms with Gasteiger partial charge in [-0.2, -0.15) is 0 Å². The maximum Gasteiger partial charge on any atom is 0.171 e. The predicted molar refractivity (Wildman–Crippen MR) is 70.6 cm³/mol. The van der Waals surface area contributed by atoms with Crippen LogP contribution >= 0.6 is 11.6 Å². The number of rotatable bonds is 7. The van der Waals surface area contributed by atoms with Gasteiger partial charge in [0.2, 0.25) is 0 Å². The fourth-order valence-electron chi connectivity index (χ4n) is 1.39. The quantitative estimate of drug-likeness (QED) is 0.262. The number of hydrogen-bond donors (Lipinski definition) is 2. The van der Waals surface area contributed by atoms with Crippen molar-refractivity contribution in [2.75, 3.05) is 20.3 Å². The average molecular weight is 273 g/mol. The van der Waals surface area contributed by atoms with Crippen LogP contribution in [0.4, 0.5) is 0 Å². The first-order valence-corrected chi connectivity index (χ1v) is 5.96. The van der Waals surface area contributed by atoms with E-state index in [-0.39, 0.29) is 5.84 Å². The Morgan fingerprint density at radius 2 is 2.11 bits per heavy atom. The van der Waals surface area contributed by atoms with Crippen molar-refractivity contribution in [2.45, 2.75) is 12.8 Å². The van der Waals surface area contributed by atoms with Gasteiger partial charge in [-0.25, -0.2) is 0 Å². The number of halogens is 1. The molecule has 18 heavy (non-hydrogen) atoms. The van der Waals surface area contributed by atoms with Crippen LogP contribution in [0.5, 0.6) is 5.75 Å². The first-order valence-electron chi connectivity index (χ1n) is 5.58. The third kappa shape index (κ3) is 4.43. The first kappa shape index (κ1) is 14.6. The van der Waals surface area contributed by atoms with E-state index in [0.717, 1.165) is 19.4 Å². The van der Waals surface area contributed by atoms with Gasteiger partial charge in [0, 0.05) is 19.3 Å². The summed E-state index contributed by atoms with van der Waals surface area (Å²) in [5.74, 6) is 0.638. The molecule has 0 fully saturated rings. The maximum absolute atomic E-state index is 8.57. The summed E-state index contributed by atoms with van der Waals surface area (Å²) in [6.07, 6.45) is 1.86. The van der Waals surface area contributed by atoms with Gasteiger partial charge in [-0.05, 0) is 31.0 Å². The number of unbranched alkanes of at least 4 members (excludes halogenated alkanes) is 1. The van der Waals surface area contributed by atoms with Crippen LogP contribution in [0.2, 0.25) is 5.02 Å². The van der Waals surface area contributed by atoms with Crippen molar-refractivity contribution < 1.29 is 14.7 Å². The summed E-state index contributed by atoms with van der Waals surface area (Å²) in [5.41, 5.74) is 5.94. The molecule has 0 atom stereocenters. The Kier molecular flexibility index (Phi) is 6.32. The molecular formula is C12H17ClN2O3. The zero-order chi connectivity index (χ0) is 13.4. The van der Waals surface area contributed by atoms with Crippen LogP contribution in [-0.2, 0) is 4.74 Å².